The normalized spacial score (nSPS) is 12.8. The van der Waals surface area contributed by atoms with Crippen molar-refractivity contribution >= 4 is 11.6 Å². The topological polar surface area (TPSA) is 65.4 Å². The molecule has 0 radical (unpaired) electrons. The van der Waals surface area contributed by atoms with E-state index < -0.39 is 36.5 Å². The molecule has 32 heavy (non-hydrogen) atoms. The quantitative estimate of drug-likeness (QED) is 0.384. The number of hydrogen-bond donors (Lipinski definition) is 1. The SMILES string of the molecule is CC(c1ccc(F)cc1)C(F)(F)CCOc1cc(-c2ccn3nc(N)nc3c2)ccc1F. The van der Waals surface area contributed by atoms with Gasteiger partial charge in [-0.15, -0.1) is 5.10 Å². The van der Waals surface area contributed by atoms with Crippen molar-refractivity contribution in [2.75, 3.05) is 12.3 Å². The van der Waals surface area contributed by atoms with Gasteiger partial charge in [-0.25, -0.2) is 22.1 Å². The van der Waals surface area contributed by atoms with Crippen molar-refractivity contribution in [1.82, 2.24) is 14.6 Å². The van der Waals surface area contributed by atoms with Crippen LogP contribution in [0.15, 0.2) is 60.8 Å². The van der Waals surface area contributed by atoms with Crippen LogP contribution in [-0.4, -0.2) is 27.1 Å². The molecule has 166 valence electrons. The molecule has 0 bridgehead atoms. The first-order chi connectivity index (χ1) is 15.2. The van der Waals surface area contributed by atoms with Gasteiger partial charge in [-0.05, 0) is 53.1 Å². The zero-order valence-electron chi connectivity index (χ0n) is 17.1. The van der Waals surface area contributed by atoms with Gasteiger partial charge in [-0.2, -0.15) is 4.98 Å². The van der Waals surface area contributed by atoms with Crippen LogP contribution in [0.5, 0.6) is 5.75 Å². The summed E-state index contributed by atoms with van der Waals surface area (Å²) in [6.45, 7) is 0.973. The summed E-state index contributed by atoms with van der Waals surface area (Å²) in [5.41, 5.74) is 7.75. The molecule has 0 aliphatic rings. The van der Waals surface area contributed by atoms with Gasteiger partial charge in [-0.1, -0.05) is 25.1 Å². The van der Waals surface area contributed by atoms with Gasteiger partial charge in [0.2, 0.25) is 5.95 Å². The molecule has 0 saturated heterocycles. The van der Waals surface area contributed by atoms with Crippen molar-refractivity contribution in [3.63, 3.8) is 0 Å². The predicted octanol–water partition coefficient (Wildman–Crippen LogP) is 5.46. The lowest BCUT2D eigenvalue weighted by Gasteiger charge is -2.24. The number of rotatable bonds is 7. The number of ether oxygens (including phenoxy) is 1. The Morgan fingerprint density at radius 3 is 2.50 bits per heavy atom. The summed E-state index contributed by atoms with van der Waals surface area (Å²) >= 11 is 0. The van der Waals surface area contributed by atoms with E-state index in [-0.39, 0.29) is 11.7 Å². The number of pyridine rings is 1. The molecule has 0 fully saturated rings. The first-order valence-corrected chi connectivity index (χ1v) is 9.91. The minimum Gasteiger partial charge on any atom is -0.490 e. The van der Waals surface area contributed by atoms with Crippen molar-refractivity contribution in [3.8, 4) is 16.9 Å². The number of nitrogen functional groups attached to an aromatic ring is 1. The monoisotopic (exact) mass is 444 g/mol. The largest absolute Gasteiger partial charge is 0.490 e. The number of aromatic nitrogens is 3. The number of benzene rings is 2. The Morgan fingerprint density at radius 1 is 1.03 bits per heavy atom. The third kappa shape index (κ3) is 4.51. The number of nitrogens with zero attached hydrogens (tertiary/aromatic N) is 3. The van der Waals surface area contributed by atoms with E-state index in [1.54, 1.807) is 24.4 Å². The predicted molar refractivity (Wildman–Crippen MR) is 113 cm³/mol. The molecule has 0 spiro atoms. The molecule has 5 nitrogen and oxygen atoms in total. The van der Waals surface area contributed by atoms with Crippen molar-refractivity contribution in [2.24, 2.45) is 0 Å². The summed E-state index contributed by atoms with van der Waals surface area (Å²) in [7, 11) is 0. The van der Waals surface area contributed by atoms with Crippen molar-refractivity contribution in [1.29, 1.82) is 0 Å². The van der Waals surface area contributed by atoms with Crippen LogP contribution in [0.3, 0.4) is 0 Å². The highest BCUT2D eigenvalue weighted by Crippen LogP contribution is 2.36. The number of halogens is 4. The third-order valence-corrected chi connectivity index (χ3v) is 5.31. The van der Waals surface area contributed by atoms with Crippen molar-refractivity contribution in [3.05, 3.63) is 78.0 Å². The lowest BCUT2D eigenvalue weighted by molar-refractivity contribution is -0.0401. The highest BCUT2D eigenvalue weighted by atomic mass is 19.3. The van der Waals surface area contributed by atoms with Crippen LogP contribution in [-0.2, 0) is 0 Å². The van der Waals surface area contributed by atoms with Crippen molar-refractivity contribution in [2.45, 2.75) is 25.2 Å². The number of nitrogens with two attached hydrogens (primary N) is 1. The van der Waals surface area contributed by atoms with E-state index in [1.807, 2.05) is 0 Å². The second kappa shape index (κ2) is 8.49. The van der Waals surface area contributed by atoms with Crippen LogP contribution in [0, 0.1) is 11.6 Å². The number of hydrogen-bond acceptors (Lipinski definition) is 4. The van der Waals surface area contributed by atoms with Crippen LogP contribution in [0.25, 0.3) is 16.8 Å². The molecular formula is C23H20F4N4O. The Balaban J connectivity index is 1.46. The van der Waals surface area contributed by atoms with Gasteiger partial charge in [0.1, 0.15) is 5.82 Å². The zero-order valence-corrected chi connectivity index (χ0v) is 17.1. The Kier molecular flexibility index (Phi) is 5.73. The maximum absolute atomic E-state index is 14.6. The Labute approximate surface area is 181 Å². The third-order valence-electron chi connectivity index (χ3n) is 5.31. The van der Waals surface area contributed by atoms with E-state index >= 15 is 0 Å². The summed E-state index contributed by atoms with van der Waals surface area (Å²) in [5.74, 6) is -5.42. The molecule has 2 heterocycles. The van der Waals surface area contributed by atoms with Crippen LogP contribution in [0.2, 0.25) is 0 Å². The molecule has 0 saturated carbocycles. The smallest absolute Gasteiger partial charge is 0.257 e. The molecule has 2 aromatic heterocycles. The maximum atomic E-state index is 14.6. The fraction of sp³-hybridized carbons (Fsp3) is 0.217. The van der Waals surface area contributed by atoms with Crippen LogP contribution in [0.1, 0.15) is 24.8 Å². The van der Waals surface area contributed by atoms with Gasteiger partial charge in [0.05, 0.1) is 6.61 Å². The first kappa shape index (κ1) is 21.6. The Morgan fingerprint density at radius 2 is 1.75 bits per heavy atom. The van der Waals surface area contributed by atoms with Gasteiger partial charge in [-0.3, -0.25) is 0 Å². The second-order valence-electron chi connectivity index (χ2n) is 7.47. The van der Waals surface area contributed by atoms with E-state index in [0.29, 0.717) is 22.3 Å². The average Bonchev–Trinajstić information content (AvgIpc) is 3.14. The number of fused-ring (bicyclic) bond motifs is 1. The summed E-state index contributed by atoms with van der Waals surface area (Å²) in [6.07, 6.45) is 1.04. The van der Waals surface area contributed by atoms with Gasteiger partial charge in [0.25, 0.3) is 5.92 Å². The molecule has 2 aromatic carbocycles. The van der Waals surface area contributed by atoms with E-state index in [0.717, 1.165) is 12.1 Å². The lowest BCUT2D eigenvalue weighted by Crippen LogP contribution is -2.27. The molecule has 0 aliphatic carbocycles. The van der Waals surface area contributed by atoms with Gasteiger partial charge >= 0.3 is 0 Å². The van der Waals surface area contributed by atoms with E-state index in [4.69, 9.17) is 10.5 Å². The van der Waals surface area contributed by atoms with Gasteiger partial charge in [0, 0.05) is 18.5 Å². The number of alkyl halides is 2. The Bertz CT molecular complexity index is 1240. The molecule has 0 aliphatic heterocycles. The van der Waals surface area contributed by atoms with E-state index in [2.05, 4.69) is 10.1 Å². The minimum absolute atomic E-state index is 0.126. The first-order valence-electron chi connectivity index (χ1n) is 9.91. The number of anilines is 1. The van der Waals surface area contributed by atoms with Crippen LogP contribution in [0.4, 0.5) is 23.5 Å². The second-order valence-corrected chi connectivity index (χ2v) is 7.47. The highest BCUT2D eigenvalue weighted by molar-refractivity contribution is 5.68. The van der Waals surface area contributed by atoms with Crippen LogP contribution < -0.4 is 10.5 Å². The fourth-order valence-electron chi connectivity index (χ4n) is 3.38. The highest BCUT2D eigenvalue weighted by Gasteiger charge is 2.37. The molecule has 1 unspecified atom stereocenters. The van der Waals surface area contributed by atoms with Crippen molar-refractivity contribution < 1.29 is 22.3 Å². The molecule has 0 amide bonds. The standard InChI is InChI=1S/C23H20F4N4O/c1-14(15-2-5-18(24)6-3-15)23(26,27)9-11-32-20-12-16(4-7-19(20)25)17-8-10-31-21(13-17)29-22(28)30-31/h2-8,10,12-14H,9,11H2,1H3,(H2,28,30). The van der Waals surface area contributed by atoms with E-state index in [1.165, 1.54) is 35.7 Å². The average molecular weight is 444 g/mol. The molecule has 9 heteroatoms. The minimum atomic E-state index is -3.12. The fourth-order valence-corrected chi connectivity index (χ4v) is 3.38. The molecule has 2 N–H and O–H groups in total. The molecule has 4 rings (SSSR count). The summed E-state index contributed by atoms with van der Waals surface area (Å²) in [6, 6.07) is 12.6. The maximum Gasteiger partial charge on any atom is 0.257 e. The molecule has 4 aromatic rings. The van der Waals surface area contributed by atoms with Crippen LogP contribution >= 0.6 is 0 Å². The Hall–Kier alpha value is -3.62. The molecular weight excluding hydrogens is 424 g/mol. The zero-order chi connectivity index (χ0) is 22.9. The summed E-state index contributed by atoms with van der Waals surface area (Å²) < 4.78 is 63.4. The summed E-state index contributed by atoms with van der Waals surface area (Å²) in [4.78, 5) is 4.08. The summed E-state index contributed by atoms with van der Waals surface area (Å²) in [5, 5.41) is 3.99. The van der Waals surface area contributed by atoms with Gasteiger partial charge < -0.3 is 10.5 Å². The van der Waals surface area contributed by atoms with Gasteiger partial charge in [0.15, 0.2) is 17.2 Å². The molecule has 1 atom stereocenters. The lowest BCUT2D eigenvalue weighted by atomic mass is 9.92. The van der Waals surface area contributed by atoms with E-state index in [9.17, 15) is 17.6 Å².